The number of nitrogens with zero attached hydrogens (tertiary/aromatic N) is 2. The molecular formula is C16H17N3O2S. The standard InChI is InChI=1S/C16H17N3O2S/c1-2-19-13-6-4-3-5-11(13)9-14(19)16-18-12(10-22-16)15(21)17-7-8-20/h3-6,9-10,20H,2,7-8H2,1H3,(H,17,21). The van der Waals surface area contributed by atoms with Crippen molar-refractivity contribution in [2.75, 3.05) is 13.2 Å². The summed E-state index contributed by atoms with van der Waals surface area (Å²) in [7, 11) is 0. The molecule has 2 aromatic heterocycles. The van der Waals surface area contributed by atoms with Gasteiger partial charge in [-0.15, -0.1) is 11.3 Å². The molecule has 0 aliphatic heterocycles. The Morgan fingerprint density at radius 2 is 2.23 bits per heavy atom. The molecule has 0 aliphatic carbocycles. The van der Waals surface area contributed by atoms with E-state index in [0.29, 0.717) is 5.69 Å². The molecule has 22 heavy (non-hydrogen) atoms. The molecule has 0 aliphatic rings. The summed E-state index contributed by atoms with van der Waals surface area (Å²) in [5.41, 5.74) is 2.58. The molecule has 3 rings (SSSR count). The third kappa shape index (κ3) is 2.63. The SMILES string of the molecule is CCn1c(-c2nc(C(=O)NCCO)cs2)cc2ccccc21. The number of thiazole rings is 1. The molecule has 1 amide bonds. The number of rotatable bonds is 5. The van der Waals surface area contributed by atoms with Crippen LogP contribution < -0.4 is 5.32 Å². The zero-order chi connectivity index (χ0) is 15.5. The van der Waals surface area contributed by atoms with E-state index in [1.807, 2.05) is 12.1 Å². The highest BCUT2D eigenvalue weighted by atomic mass is 32.1. The van der Waals surface area contributed by atoms with Crippen LogP contribution >= 0.6 is 11.3 Å². The van der Waals surface area contributed by atoms with E-state index < -0.39 is 0 Å². The molecule has 114 valence electrons. The van der Waals surface area contributed by atoms with Gasteiger partial charge in [-0.2, -0.15) is 0 Å². The smallest absolute Gasteiger partial charge is 0.270 e. The van der Waals surface area contributed by atoms with E-state index in [-0.39, 0.29) is 19.1 Å². The number of carbonyl (C=O) groups excluding carboxylic acids is 1. The molecule has 0 saturated carbocycles. The normalized spacial score (nSPS) is 11.0. The van der Waals surface area contributed by atoms with Crippen molar-refractivity contribution in [1.29, 1.82) is 0 Å². The van der Waals surface area contributed by atoms with Crippen LogP contribution in [-0.4, -0.2) is 33.7 Å². The number of aryl methyl sites for hydroxylation is 1. The van der Waals surface area contributed by atoms with E-state index in [4.69, 9.17) is 5.11 Å². The molecule has 2 heterocycles. The quantitative estimate of drug-likeness (QED) is 0.760. The van der Waals surface area contributed by atoms with Crippen LogP contribution in [0.25, 0.3) is 21.6 Å². The summed E-state index contributed by atoms with van der Waals surface area (Å²) in [5, 5.41) is 15.1. The fourth-order valence-electron chi connectivity index (χ4n) is 2.48. The monoisotopic (exact) mass is 315 g/mol. The fourth-order valence-corrected chi connectivity index (χ4v) is 3.31. The van der Waals surface area contributed by atoms with Gasteiger partial charge < -0.3 is 15.0 Å². The van der Waals surface area contributed by atoms with E-state index in [9.17, 15) is 4.79 Å². The number of aromatic nitrogens is 2. The van der Waals surface area contributed by atoms with Crippen molar-refractivity contribution >= 4 is 28.1 Å². The third-order valence-corrected chi connectivity index (χ3v) is 4.34. The lowest BCUT2D eigenvalue weighted by atomic mass is 10.2. The van der Waals surface area contributed by atoms with Gasteiger partial charge in [0.1, 0.15) is 10.7 Å². The lowest BCUT2D eigenvalue weighted by Gasteiger charge is -2.05. The maximum atomic E-state index is 11.9. The van der Waals surface area contributed by atoms with Crippen LogP contribution in [0.1, 0.15) is 17.4 Å². The van der Waals surface area contributed by atoms with Crippen molar-refractivity contribution in [3.63, 3.8) is 0 Å². The van der Waals surface area contributed by atoms with Crippen molar-refractivity contribution in [3.05, 3.63) is 41.4 Å². The van der Waals surface area contributed by atoms with E-state index >= 15 is 0 Å². The second kappa shape index (κ2) is 6.29. The lowest BCUT2D eigenvalue weighted by Crippen LogP contribution is -2.26. The van der Waals surface area contributed by atoms with Crippen LogP contribution in [0, 0.1) is 0 Å². The second-order valence-electron chi connectivity index (χ2n) is 4.85. The van der Waals surface area contributed by atoms with Crippen LogP contribution in [0.5, 0.6) is 0 Å². The van der Waals surface area contributed by atoms with Gasteiger partial charge in [-0.3, -0.25) is 4.79 Å². The van der Waals surface area contributed by atoms with E-state index in [2.05, 4.69) is 40.0 Å². The predicted octanol–water partition coefficient (Wildman–Crippen LogP) is 2.51. The Kier molecular flexibility index (Phi) is 4.22. The summed E-state index contributed by atoms with van der Waals surface area (Å²) in [6.45, 7) is 3.10. The van der Waals surface area contributed by atoms with Crippen LogP contribution in [0.3, 0.4) is 0 Å². The first-order valence-corrected chi connectivity index (χ1v) is 8.05. The Morgan fingerprint density at radius 1 is 1.41 bits per heavy atom. The number of para-hydroxylation sites is 1. The van der Waals surface area contributed by atoms with Gasteiger partial charge in [0, 0.05) is 29.4 Å². The molecular weight excluding hydrogens is 298 g/mol. The Balaban J connectivity index is 1.98. The van der Waals surface area contributed by atoms with Crippen molar-refractivity contribution in [2.45, 2.75) is 13.5 Å². The number of fused-ring (bicyclic) bond motifs is 1. The molecule has 2 N–H and O–H groups in total. The minimum Gasteiger partial charge on any atom is -0.395 e. The molecule has 0 spiro atoms. The average Bonchev–Trinajstić information content (AvgIpc) is 3.16. The average molecular weight is 315 g/mol. The summed E-state index contributed by atoms with van der Waals surface area (Å²) < 4.78 is 2.20. The first-order chi connectivity index (χ1) is 10.7. The molecule has 0 bridgehead atoms. The lowest BCUT2D eigenvalue weighted by molar-refractivity contribution is 0.0940. The van der Waals surface area contributed by atoms with E-state index in [1.165, 1.54) is 22.2 Å². The number of hydrogen-bond donors (Lipinski definition) is 2. The summed E-state index contributed by atoms with van der Waals surface area (Å²) in [4.78, 5) is 16.3. The molecule has 5 nitrogen and oxygen atoms in total. The minimum atomic E-state index is -0.254. The Labute approximate surface area is 132 Å². The summed E-state index contributed by atoms with van der Waals surface area (Å²) in [5.74, 6) is -0.254. The number of aliphatic hydroxyl groups excluding tert-OH is 1. The maximum Gasteiger partial charge on any atom is 0.270 e. The first-order valence-electron chi connectivity index (χ1n) is 7.17. The highest BCUT2D eigenvalue weighted by molar-refractivity contribution is 7.13. The fraction of sp³-hybridized carbons (Fsp3) is 0.250. The van der Waals surface area contributed by atoms with Gasteiger partial charge in [-0.05, 0) is 19.1 Å². The van der Waals surface area contributed by atoms with Crippen LogP contribution in [0.4, 0.5) is 0 Å². The van der Waals surface area contributed by atoms with Crippen LogP contribution in [0.15, 0.2) is 35.7 Å². The summed E-state index contributed by atoms with van der Waals surface area (Å²) in [6.07, 6.45) is 0. The number of hydrogen-bond acceptors (Lipinski definition) is 4. The second-order valence-corrected chi connectivity index (χ2v) is 5.71. The van der Waals surface area contributed by atoms with E-state index in [1.54, 1.807) is 5.38 Å². The molecule has 1 aromatic carbocycles. The molecule has 0 saturated heterocycles. The minimum absolute atomic E-state index is 0.0766. The Hall–Kier alpha value is -2.18. The zero-order valence-electron chi connectivity index (χ0n) is 12.2. The van der Waals surface area contributed by atoms with Gasteiger partial charge in [-0.25, -0.2) is 4.98 Å². The van der Waals surface area contributed by atoms with Gasteiger partial charge in [0.25, 0.3) is 5.91 Å². The van der Waals surface area contributed by atoms with Crippen molar-refractivity contribution < 1.29 is 9.90 Å². The number of amides is 1. The molecule has 0 unspecified atom stereocenters. The third-order valence-electron chi connectivity index (χ3n) is 3.48. The Morgan fingerprint density at radius 3 is 3.00 bits per heavy atom. The topological polar surface area (TPSA) is 67.2 Å². The van der Waals surface area contributed by atoms with Crippen molar-refractivity contribution in [2.24, 2.45) is 0 Å². The molecule has 6 heteroatoms. The highest BCUT2D eigenvalue weighted by Crippen LogP contribution is 2.30. The number of benzene rings is 1. The van der Waals surface area contributed by atoms with Crippen molar-refractivity contribution in [3.8, 4) is 10.7 Å². The first kappa shape index (κ1) is 14.7. The van der Waals surface area contributed by atoms with Gasteiger partial charge in [-0.1, -0.05) is 18.2 Å². The van der Waals surface area contributed by atoms with Gasteiger partial charge in [0.15, 0.2) is 0 Å². The largest absolute Gasteiger partial charge is 0.395 e. The predicted molar refractivity (Wildman–Crippen MR) is 88.1 cm³/mol. The number of carbonyl (C=O) groups is 1. The van der Waals surface area contributed by atoms with Crippen LogP contribution in [0.2, 0.25) is 0 Å². The highest BCUT2D eigenvalue weighted by Gasteiger charge is 2.15. The number of aliphatic hydroxyl groups is 1. The summed E-state index contributed by atoms with van der Waals surface area (Å²) >= 11 is 1.45. The van der Waals surface area contributed by atoms with E-state index in [0.717, 1.165) is 17.2 Å². The van der Waals surface area contributed by atoms with Crippen LogP contribution in [-0.2, 0) is 6.54 Å². The van der Waals surface area contributed by atoms with Gasteiger partial charge in [0.05, 0.1) is 12.3 Å². The summed E-state index contributed by atoms with van der Waals surface area (Å²) in [6, 6.07) is 10.3. The molecule has 3 aromatic rings. The number of nitrogens with one attached hydrogen (secondary N) is 1. The Bertz CT molecular complexity index is 807. The van der Waals surface area contributed by atoms with Gasteiger partial charge >= 0.3 is 0 Å². The molecule has 0 radical (unpaired) electrons. The molecule has 0 atom stereocenters. The zero-order valence-corrected chi connectivity index (χ0v) is 13.1. The molecule has 0 fully saturated rings. The van der Waals surface area contributed by atoms with Crippen molar-refractivity contribution in [1.82, 2.24) is 14.9 Å². The van der Waals surface area contributed by atoms with Gasteiger partial charge in [0.2, 0.25) is 0 Å². The maximum absolute atomic E-state index is 11.9.